The fourth-order valence-electron chi connectivity index (χ4n) is 1.72. The number of aryl methyl sites for hydroxylation is 3. The zero-order valence-electron chi connectivity index (χ0n) is 9.51. The summed E-state index contributed by atoms with van der Waals surface area (Å²) in [6, 6.07) is 2.14. The normalized spacial score (nSPS) is 11.2. The standard InChI is InChI=1S/C12H15BrN2S/c1-7-6-9(13)8(2)12-11(7)15-10(16-12)4-3-5-14/h6H,3-5,14H2,1-2H3. The van der Waals surface area contributed by atoms with Gasteiger partial charge in [-0.05, 0) is 44.0 Å². The Morgan fingerprint density at radius 3 is 2.88 bits per heavy atom. The Morgan fingerprint density at radius 2 is 2.19 bits per heavy atom. The number of nitrogens with two attached hydrogens (primary N) is 1. The third-order valence-corrected chi connectivity index (χ3v) is 4.74. The topological polar surface area (TPSA) is 38.9 Å². The van der Waals surface area contributed by atoms with Gasteiger partial charge < -0.3 is 5.73 Å². The van der Waals surface area contributed by atoms with Crippen molar-refractivity contribution >= 4 is 37.5 Å². The van der Waals surface area contributed by atoms with E-state index in [0.717, 1.165) is 24.9 Å². The van der Waals surface area contributed by atoms with Crippen molar-refractivity contribution in [2.45, 2.75) is 26.7 Å². The molecule has 16 heavy (non-hydrogen) atoms. The van der Waals surface area contributed by atoms with E-state index in [1.54, 1.807) is 11.3 Å². The third-order valence-electron chi connectivity index (χ3n) is 2.68. The van der Waals surface area contributed by atoms with E-state index in [1.807, 2.05) is 0 Å². The van der Waals surface area contributed by atoms with Gasteiger partial charge in [0.2, 0.25) is 0 Å². The monoisotopic (exact) mass is 298 g/mol. The second kappa shape index (κ2) is 4.82. The molecular formula is C12H15BrN2S. The molecule has 86 valence electrons. The lowest BCUT2D eigenvalue weighted by molar-refractivity contribution is 0.828. The lowest BCUT2D eigenvalue weighted by atomic mass is 10.1. The molecule has 0 spiro atoms. The van der Waals surface area contributed by atoms with Crippen molar-refractivity contribution in [1.29, 1.82) is 0 Å². The number of fused-ring (bicyclic) bond motifs is 1. The van der Waals surface area contributed by atoms with Gasteiger partial charge in [0, 0.05) is 10.9 Å². The summed E-state index contributed by atoms with van der Waals surface area (Å²) in [4.78, 5) is 4.69. The average Bonchev–Trinajstić information content (AvgIpc) is 2.68. The Balaban J connectivity index is 2.52. The van der Waals surface area contributed by atoms with Crippen molar-refractivity contribution < 1.29 is 0 Å². The Morgan fingerprint density at radius 1 is 1.44 bits per heavy atom. The van der Waals surface area contributed by atoms with Crippen molar-refractivity contribution in [3.8, 4) is 0 Å². The van der Waals surface area contributed by atoms with Crippen molar-refractivity contribution in [3.63, 3.8) is 0 Å². The molecule has 2 aromatic rings. The van der Waals surface area contributed by atoms with Gasteiger partial charge in [0.25, 0.3) is 0 Å². The third kappa shape index (κ3) is 2.14. The largest absolute Gasteiger partial charge is 0.330 e. The number of benzene rings is 1. The molecule has 2 nitrogen and oxygen atoms in total. The molecule has 0 aliphatic rings. The van der Waals surface area contributed by atoms with E-state index in [0.29, 0.717) is 0 Å². The van der Waals surface area contributed by atoms with Crippen LogP contribution in [-0.4, -0.2) is 11.5 Å². The minimum Gasteiger partial charge on any atom is -0.330 e. The smallest absolute Gasteiger partial charge is 0.0939 e. The first-order chi connectivity index (χ1) is 7.63. The van der Waals surface area contributed by atoms with Gasteiger partial charge in [0.1, 0.15) is 0 Å². The fraction of sp³-hybridized carbons (Fsp3) is 0.417. The van der Waals surface area contributed by atoms with Crippen LogP contribution in [0.2, 0.25) is 0 Å². The summed E-state index contributed by atoms with van der Waals surface area (Å²) in [5, 5.41) is 1.20. The Labute approximate surface area is 108 Å². The summed E-state index contributed by atoms with van der Waals surface area (Å²) in [7, 11) is 0. The highest BCUT2D eigenvalue weighted by Crippen LogP contribution is 2.33. The molecule has 2 N–H and O–H groups in total. The van der Waals surface area contributed by atoms with Gasteiger partial charge in [-0.25, -0.2) is 4.98 Å². The molecule has 0 aliphatic heterocycles. The number of aromatic nitrogens is 1. The summed E-state index contributed by atoms with van der Waals surface area (Å²) in [6.07, 6.45) is 2.01. The molecule has 4 heteroatoms. The molecule has 0 atom stereocenters. The zero-order chi connectivity index (χ0) is 11.7. The first-order valence-corrected chi connectivity index (χ1v) is 6.99. The molecule has 0 saturated carbocycles. The van der Waals surface area contributed by atoms with Gasteiger partial charge in [0.15, 0.2) is 0 Å². The van der Waals surface area contributed by atoms with Crippen LogP contribution in [0.25, 0.3) is 10.2 Å². The average molecular weight is 299 g/mol. The van der Waals surface area contributed by atoms with Gasteiger partial charge in [-0.2, -0.15) is 0 Å². The highest BCUT2D eigenvalue weighted by molar-refractivity contribution is 9.10. The van der Waals surface area contributed by atoms with E-state index >= 15 is 0 Å². The Hall–Kier alpha value is -0.450. The lowest BCUT2D eigenvalue weighted by Gasteiger charge is -2.01. The van der Waals surface area contributed by atoms with Crippen LogP contribution in [0.4, 0.5) is 0 Å². The van der Waals surface area contributed by atoms with Crippen LogP contribution in [0.5, 0.6) is 0 Å². The van der Waals surface area contributed by atoms with Crippen LogP contribution in [0.1, 0.15) is 22.6 Å². The number of rotatable bonds is 3. The summed E-state index contributed by atoms with van der Waals surface area (Å²) in [5.74, 6) is 0. The van der Waals surface area contributed by atoms with Crippen LogP contribution < -0.4 is 5.73 Å². The van der Waals surface area contributed by atoms with Gasteiger partial charge in [0.05, 0.1) is 15.2 Å². The van der Waals surface area contributed by atoms with E-state index in [9.17, 15) is 0 Å². The highest BCUT2D eigenvalue weighted by Gasteiger charge is 2.10. The summed E-state index contributed by atoms with van der Waals surface area (Å²) in [5.41, 5.74) is 9.20. The zero-order valence-corrected chi connectivity index (χ0v) is 11.9. The number of hydrogen-bond donors (Lipinski definition) is 1. The molecule has 0 aliphatic carbocycles. The van der Waals surface area contributed by atoms with Crippen molar-refractivity contribution in [1.82, 2.24) is 4.98 Å². The molecule has 0 fully saturated rings. The molecule has 1 aromatic carbocycles. The maximum Gasteiger partial charge on any atom is 0.0939 e. The second-order valence-corrected chi connectivity index (χ2v) is 5.92. The molecule has 1 aromatic heterocycles. The lowest BCUT2D eigenvalue weighted by Crippen LogP contribution is -1.99. The van der Waals surface area contributed by atoms with E-state index in [2.05, 4.69) is 35.8 Å². The summed E-state index contributed by atoms with van der Waals surface area (Å²) in [6.45, 7) is 4.98. The molecule has 2 rings (SSSR count). The molecular weight excluding hydrogens is 284 g/mol. The molecule has 0 bridgehead atoms. The van der Waals surface area contributed by atoms with E-state index in [-0.39, 0.29) is 0 Å². The van der Waals surface area contributed by atoms with Crippen LogP contribution in [0.3, 0.4) is 0 Å². The van der Waals surface area contributed by atoms with Crippen LogP contribution in [0.15, 0.2) is 10.5 Å². The summed E-state index contributed by atoms with van der Waals surface area (Å²) >= 11 is 5.38. The fourth-order valence-corrected chi connectivity index (χ4v) is 3.58. The van der Waals surface area contributed by atoms with Gasteiger partial charge >= 0.3 is 0 Å². The maximum atomic E-state index is 5.52. The number of nitrogens with zero attached hydrogens (tertiary/aromatic N) is 1. The van der Waals surface area contributed by atoms with Crippen molar-refractivity contribution in [3.05, 3.63) is 26.7 Å². The molecule has 1 heterocycles. The molecule has 0 saturated heterocycles. The van der Waals surface area contributed by atoms with Gasteiger partial charge in [-0.3, -0.25) is 0 Å². The van der Waals surface area contributed by atoms with Gasteiger partial charge in [-0.1, -0.05) is 15.9 Å². The first-order valence-electron chi connectivity index (χ1n) is 5.38. The highest BCUT2D eigenvalue weighted by atomic mass is 79.9. The minimum atomic E-state index is 0.734. The number of hydrogen-bond acceptors (Lipinski definition) is 3. The van der Waals surface area contributed by atoms with Crippen molar-refractivity contribution in [2.75, 3.05) is 6.54 Å². The second-order valence-electron chi connectivity index (χ2n) is 3.98. The number of halogens is 1. The maximum absolute atomic E-state index is 5.52. The molecule has 0 radical (unpaired) electrons. The van der Waals surface area contributed by atoms with Crippen LogP contribution >= 0.6 is 27.3 Å². The summed E-state index contributed by atoms with van der Waals surface area (Å²) < 4.78 is 2.48. The van der Waals surface area contributed by atoms with E-state index < -0.39 is 0 Å². The number of thiazole rings is 1. The minimum absolute atomic E-state index is 0.734. The quantitative estimate of drug-likeness (QED) is 0.941. The van der Waals surface area contributed by atoms with Crippen molar-refractivity contribution in [2.24, 2.45) is 5.73 Å². The predicted octanol–water partition coefficient (Wildman–Crippen LogP) is 3.57. The molecule has 0 unspecified atom stereocenters. The van der Waals surface area contributed by atoms with E-state index in [1.165, 1.54) is 25.3 Å². The van der Waals surface area contributed by atoms with Gasteiger partial charge in [-0.15, -0.1) is 11.3 Å². The Kier molecular flexibility index (Phi) is 3.62. The van der Waals surface area contributed by atoms with Crippen LogP contribution in [0, 0.1) is 13.8 Å². The molecule has 0 amide bonds. The SMILES string of the molecule is Cc1cc(Br)c(C)c2sc(CCCN)nc12. The van der Waals surface area contributed by atoms with Crippen LogP contribution in [-0.2, 0) is 6.42 Å². The predicted molar refractivity (Wildman–Crippen MR) is 74.2 cm³/mol. The first kappa shape index (κ1) is 12.0. The Bertz CT molecular complexity index is 519. The van der Waals surface area contributed by atoms with E-state index in [4.69, 9.17) is 10.7 Å².